The van der Waals surface area contributed by atoms with Gasteiger partial charge in [-0.3, -0.25) is 14.6 Å². The molecule has 1 atom stereocenters. The molecule has 0 saturated heterocycles. The van der Waals surface area contributed by atoms with Crippen LogP contribution in [0.5, 0.6) is 0 Å². The third kappa shape index (κ3) is 4.12. The monoisotopic (exact) mass is 475 g/mol. The van der Waals surface area contributed by atoms with Gasteiger partial charge in [0.1, 0.15) is 5.78 Å². The summed E-state index contributed by atoms with van der Waals surface area (Å²) < 4.78 is 51.7. The zero-order chi connectivity index (χ0) is 23.7. The van der Waals surface area contributed by atoms with Gasteiger partial charge in [-0.05, 0) is 42.5 Å². The molecule has 7 nitrogen and oxygen atoms in total. The molecule has 1 aliphatic heterocycles. The topological polar surface area (TPSA) is 96.4 Å². The summed E-state index contributed by atoms with van der Waals surface area (Å²) in [6.07, 6.45) is 2.44. The summed E-state index contributed by atoms with van der Waals surface area (Å²) in [6, 6.07) is 6.68. The van der Waals surface area contributed by atoms with Gasteiger partial charge in [-0.1, -0.05) is 6.07 Å². The first-order valence-corrected chi connectivity index (χ1v) is 12.6. The van der Waals surface area contributed by atoms with Crippen LogP contribution in [-0.4, -0.2) is 49.2 Å². The van der Waals surface area contributed by atoms with Crippen molar-refractivity contribution < 1.29 is 26.8 Å². The molecule has 3 aliphatic rings. The van der Waals surface area contributed by atoms with E-state index < -0.39 is 33.9 Å². The van der Waals surface area contributed by atoms with Crippen LogP contribution in [0.3, 0.4) is 0 Å². The Hall–Kier alpha value is -2.88. The van der Waals surface area contributed by atoms with E-state index >= 15 is 0 Å². The van der Waals surface area contributed by atoms with Crippen LogP contribution in [0.4, 0.5) is 20.2 Å². The van der Waals surface area contributed by atoms with Gasteiger partial charge in [-0.15, -0.1) is 0 Å². The molecule has 2 aliphatic carbocycles. The van der Waals surface area contributed by atoms with Crippen molar-refractivity contribution in [2.24, 2.45) is 5.92 Å². The molecule has 1 amide bonds. The fraction of sp³-hybridized carbons (Fsp3) is 0.435. The molecule has 0 spiro atoms. The molecular formula is C23H23F2N3O4S. The third-order valence-corrected chi connectivity index (χ3v) is 7.52. The lowest BCUT2D eigenvalue weighted by Crippen LogP contribution is -2.18. The first kappa shape index (κ1) is 21.9. The van der Waals surface area contributed by atoms with Gasteiger partial charge in [-0.2, -0.15) is 0 Å². The molecule has 2 saturated carbocycles. The highest BCUT2D eigenvalue weighted by atomic mass is 32.2. The summed E-state index contributed by atoms with van der Waals surface area (Å²) in [4.78, 5) is 31.0. The lowest BCUT2D eigenvalue weighted by molar-refractivity contribution is -0.121. The van der Waals surface area contributed by atoms with Crippen molar-refractivity contribution in [2.75, 3.05) is 18.6 Å². The Morgan fingerprint density at radius 1 is 1.24 bits per heavy atom. The Kier molecular flexibility index (Phi) is 4.86. The fourth-order valence-electron chi connectivity index (χ4n) is 4.31. The maximum Gasteiger partial charge on any atom is 0.258 e. The summed E-state index contributed by atoms with van der Waals surface area (Å²) in [5, 5.41) is 3.07. The highest BCUT2D eigenvalue weighted by molar-refractivity contribution is 7.90. The lowest BCUT2D eigenvalue weighted by Gasteiger charge is -2.16. The van der Waals surface area contributed by atoms with Gasteiger partial charge < -0.3 is 10.2 Å². The van der Waals surface area contributed by atoms with Crippen molar-refractivity contribution in [3.63, 3.8) is 0 Å². The van der Waals surface area contributed by atoms with E-state index in [1.54, 1.807) is 19.2 Å². The summed E-state index contributed by atoms with van der Waals surface area (Å²) in [6.45, 7) is 0.212. The van der Waals surface area contributed by atoms with Crippen LogP contribution in [0.25, 0.3) is 0 Å². The minimum atomic E-state index is -3.58. The fourth-order valence-corrected chi connectivity index (χ4v) is 5.18. The molecule has 0 unspecified atom stereocenters. The van der Waals surface area contributed by atoms with Crippen molar-refractivity contribution in [1.29, 1.82) is 0 Å². The number of rotatable bonds is 7. The molecule has 33 heavy (non-hydrogen) atoms. The number of nitrogens with one attached hydrogen (secondary N) is 1. The molecule has 174 valence electrons. The maximum atomic E-state index is 13.3. The molecule has 1 aromatic heterocycles. The number of ketones is 1. The van der Waals surface area contributed by atoms with E-state index in [2.05, 4.69) is 10.3 Å². The van der Waals surface area contributed by atoms with Crippen molar-refractivity contribution in [1.82, 2.24) is 9.88 Å². The van der Waals surface area contributed by atoms with Gasteiger partial charge in [0.05, 0.1) is 45.7 Å². The summed E-state index contributed by atoms with van der Waals surface area (Å²) in [5.41, 5.74) is 2.55. The number of anilines is 2. The number of alkyl halides is 2. The Labute approximate surface area is 190 Å². The van der Waals surface area contributed by atoms with Crippen molar-refractivity contribution in [3.8, 4) is 0 Å². The number of amides is 1. The predicted molar refractivity (Wildman–Crippen MR) is 117 cm³/mol. The molecule has 10 heteroatoms. The van der Waals surface area contributed by atoms with Crippen molar-refractivity contribution in [2.45, 2.75) is 49.0 Å². The number of aromatic nitrogens is 1. The van der Waals surface area contributed by atoms with Crippen LogP contribution in [0.15, 0.2) is 29.2 Å². The zero-order valence-electron chi connectivity index (χ0n) is 18.2. The van der Waals surface area contributed by atoms with E-state index in [0.717, 1.165) is 24.7 Å². The minimum absolute atomic E-state index is 0.117. The molecule has 5 rings (SSSR count). The van der Waals surface area contributed by atoms with Gasteiger partial charge in [0.15, 0.2) is 9.84 Å². The highest BCUT2D eigenvalue weighted by Gasteiger charge is 2.60. The largest absolute Gasteiger partial charge is 0.354 e. The third-order valence-electron chi connectivity index (χ3n) is 6.39. The highest BCUT2D eigenvalue weighted by Crippen LogP contribution is 2.49. The predicted octanol–water partition coefficient (Wildman–Crippen LogP) is 3.46. The van der Waals surface area contributed by atoms with Gasteiger partial charge in [0, 0.05) is 26.1 Å². The average Bonchev–Trinajstić information content (AvgIpc) is 3.62. The number of carbonyl (C=O) groups is 2. The number of benzene rings is 1. The maximum absolute atomic E-state index is 13.3. The number of sulfone groups is 1. The van der Waals surface area contributed by atoms with Crippen molar-refractivity contribution >= 4 is 32.9 Å². The second kappa shape index (κ2) is 7.31. The zero-order valence-corrected chi connectivity index (χ0v) is 19.0. The molecule has 2 aromatic rings. The number of fused-ring (bicyclic) bond motifs is 1. The van der Waals surface area contributed by atoms with Crippen LogP contribution < -0.4 is 5.32 Å². The van der Waals surface area contributed by atoms with Crippen LogP contribution in [-0.2, 0) is 27.6 Å². The standard InChI is InChI=1S/C23H23F2N3O4S/c1-28-11-18-21(22(28)30)17(8-14(26-18)9-19(29)15-10-23(15,24)25)27-16-6-5-13(12-3-4-12)7-20(16)33(2,31)32/h5-8,12,15H,3-4,9-11H2,1-2H3,(H,26,27)/t15-/m0/s1. The van der Waals surface area contributed by atoms with Crippen molar-refractivity contribution in [3.05, 3.63) is 46.8 Å². The number of Topliss-reactive ketones (excluding diaryl/α,β-unsaturated/α-hetero) is 1. The van der Waals surface area contributed by atoms with E-state index in [9.17, 15) is 26.8 Å². The van der Waals surface area contributed by atoms with Crippen LogP contribution in [0.1, 0.15) is 52.5 Å². The number of carbonyl (C=O) groups excluding carboxylic acids is 2. The second-order valence-corrected chi connectivity index (χ2v) is 11.2. The number of hydrogen-bond acceptors (Lipinski definition) is 6. The normalized spacial score (nSPS) is 21.2. The second-order valence-electron chi connectivity index (χ2n) is 9.23. The summed E-state index contributed by atoms with van der Waals surface area (Å²) in [5.74, 6) is -4.78. The Balaban J connectivity index is 1.53. The number of halogens is 2. The Bertz CT molecular complexity index is 1310. The number of pyridine rings is 1. The molecule has 2 heterocycles. The lowest BCUT2D eigenvalue weighted by atomic mass is 10.1. The molecule has 0 radical (unpaired) electrons. The van der Waals surface area contributed by atoms with E-state index in [-0.39, 0.29) is 35.0 Å². The van der Waals surface area contributed by atoms with E-state index in [4.69, 9.17) is 0 Å². The van der Waals surface area contributed by atoms with Crippen LogP contribution in [0, 0.1) is 5.92 Å². The van der Waals surface area contributed by atoms with E-state index in [0.29, 0.717) is 23.0 Å². The molecule has 1 N–H and O–H groups in total. The van der Waals surface area contributed by atoms with E-state index in [1.165, 1.54) is 11.0 Å². The van der Waals surface area contributed by atoms with Gasteiger partial charge in [0.25, 0.3) is 11.8 Å². The molecule has 0 bridgehead atoms. The van der Waals surface area contributed by atoms with E-state index in [1.807, 2.05) is 6.07 Å². The van der Waals surface area contributed by atoms with Gasteiger partial charge >= 0.3 is 0 Å². The van der Waals surface area contributed by atoms with Gasteiger partial charge in [0.2, 0.25) is 0 Å². The molecule has 2 fully saturated rings. The Morgan fingerprint density at radius 3 is 2.55 bits per heavy atom. The molecular weight excluding hydrogens is 452 g/mol. The first-order chi connectivity index (χ1) is 15.4. The SMILES string of the molecule is CN1Cc2nc(CC(=O)[C@@H]3CC3(F)F)cc(Nc3ccc(C4CC4)cc3S(C)(=O)=O)c2C1=O. The number of hydrogen-bond donors (Lipinski definition) is 1. The summed E-state index contributed by atoms with van der Waals surface area (Å²) >= 11 is 0. The van der Waals surface area contributed by atoms with Crippen LogP contribution in [0.2, 0.25) is 0 Å². The average molecular weight is 476 g/mol. The molecule has 1 aromatic carbocycles. The first-order valence-electron chi connectivity index (χ1n) is 10.7. The Morgan fingerprint density at radius 2 is 1.94 bits per heavy atom. The van der Waals surface area contributed by atoms with Gasteiger partial charge in [-0.25, -0.2) is 17.2 Å². The van der Waals surface area contributed by atoms with Crippen LogP contribution >= 0.6 is 0 Å². The smallest absolute Gasteiger partial charge is 0.258 e. The quantitative estimate of drug-likeness (QED) is 0.659. The minimum Gasteiger partial charge on any atom is -0.354 e. The summed E-state index contributed by atoms with van der Waals surface area (Å²) in [7, 11) is -1.97. The number of nitrogens with zero attached hydrogens (tertiary/aromatic N) is 2.